The van der Waals surface area contributed by atoms with Crippen LogP contribution in [0.1, 0.15) is 89.5 Å². The number of hydrogen-bond acceptors (Lipinski definition) is 3. The molecule has 2 rings (SSSR count). The second-order valence-corrected chi connectivity index (χ2v) is 11.6. The van der Waals surface area contributed by atoms with Crippen molar-refractivity contribution in [2.45, 2.75) is 91.1 Å². The van der Waals surface area contributed by atoms with Gasteiger partial charge in [0, 0.05) is 29.1 Å². The normalized spacial score (nSPS) is 13.3. The summed E-state index contributed by atoms with van der Waals surface area (Å²) in [6, 6.07) is 19.6. The molecule has 3 heteroatoms. The molecule has 0 aromatic heterocycles. The molecule has 2 aromatic rings. The Hall–Kier alpha value is -3.30. The van der Waals surface area contributed by atoms with Crippen LogP contribution in [0.4, 0.5) is 0 Å². The van der Waals surface area contributed by atoms with Gasteiger partial charge >= 0.3 is 0 Å². The van der Waals surface area contributed by atoms with Gasteiger partial charge in [0.2, 0.25) is 0 Å². The van der Waals surface area contributed by atoms with Crippen LogP contribution in [0.3, 0.4) is 0 Å². The van der Waals surface area contributed by atoms with Crippen LogP contribution in [-0.4, -0.2) is 10.4 Å². The van der Waals surface area contributed by atoms with Crippen molar-refractivity contribution in [2.75, 3.05) is 0 Å². The van der Waals surface area contributed by atoms with Crippen molar-refractivity contribution in [2.24, 2.45) is 11.7 Å². The number of benzene rings is 2. The topological polar surface area (TPSA) is 41.3 Å². The Kier molecular flexibility index (Phi) is 13.2. The van der Waals surface area contributed by atoms with Gasteiger partial charge in [0.1, 0.15) is 0 Å². The number of nitrogens with one attached hydrogen (secondary N) is 1. The van der Waals surface area contributed by atoms with E-state index in [2.05, 4.69) is 118 Å². The summed E-state index contributed by atoms with van der Waals surface area (Å²) in [5.41, 5.74) is 14.1. The first kappa shape index (κ1) is 32.9. The molecule has 0 aliphatic heterocycles. The van der Waals surface area contributed by atoms with Gasteiger partial charge in [-0.3, -0.25) is 0 Å². The van der Waals surface area contributed by atoms with Crippen LogP contribution in [0, 0.1) is 5.92 Å². The number of rotatable bonds is 18. The fourth-order valence-electron chi connectivity index (χ4n) is 5.01. The molecule has 1 unspecified atom stereocenters. The Bertz CT molecular complexity index is 1130. The third-order valence-corrected chi connectivity index (χ3v) is 7.63. The summed E-state index contributed by atoms with van der Waals surface area (Å²) in [6.07, 6.45) is 11.0. The number of allylic oxidation sites excluding steroid dienone is 2. The van der Waals surface area contributed by atoms with Crippen molar-refractivity contribution in [1.82, 2.24) is 10.2 Å². The summed E-state index contributed by atoms with van der Waals surface area (Å²) in [6.45, 7) is 27.9. The highest BCUT2D eigenvalue weighted by atomic mass is 15.1. The summed E-state index contributed by atoms with van der Waals surface area (Å²) in [5, 5.41) is 3.61. The molecule has 2 atom stereocenters. The van der Waals surface area contributed by atoms with Crippen molar-refractivity contribution >= 4 is 0 Å². The quantitative estimate of drug-likeness (QED) is 0.185. The molecule has 0 fully saturated rings. The molecular formula is C37H53N3. The third kappa shape index (κ3) is 10.4. The molecule has 0 saturated carbocycles. The first-order valence-corrected chi connectivity index (χ1v) is 14.8. The predicted molar refractivity (Wildman–Crippen MR) is 176 cm³/mol. The van der Waals surface area contributed by atoms with Gasteiger partial charge in [0.25, 0.3) is 0 Å². The number of nitrogens with zero attached hydrogens (tertiary/aromatic N) is 1. The van der Waals surface area contributed by atoms with Crippen molar-refractivity contribution < 1.29 is 0 Å². The lowest BCUT2D eigenvalue weighted by Gasteiger charge is -2.31. The van der Waals surface area contributed by atoms with Crippen LogP contribution in [0.25, 0.3) is 0 Å². The summed E-state index contributed by atoms with van der Waals surface area (Å²) >= 11 is 0. The molecule has 0 spiro atoms. The SMILES string of the molecule is C=CN(/C=C(\C)NC(=C)[C@@H](CCCc1ccccc1)CC(=C)C(C)(C)N)C(C(=C)CCC)c1ccc(CC)cc1. The maximum absolute atomic E-state index is 6.40. The fourth-order valence-corrected chi connectivity index (χ4v) is 5.01. The van der Waals surface area contributed by atoms with Gasteiger partial charge in [-0.15, -0.1) is 0 Å². The van der Waals surface area contributed by atoms with Crippen LogP contribution >= 0.6 is 0 Å². The minimum absolute atomic E-state index is 0.0212. The van der Waals surface area contributed by atoms with E-state index < -0.39 is 5.54 Å². The Morgan fingerprint density at radius 2 is 1.65 bits per heavy atom. The molecule has 0 amide bonds. The largest absolute Gasteiger partial charge is 0.362 e. The zero-order valence-electron chi connectivity index (χ0n) is 25.8. The first-order chi connectivity index (χ1) is 19.0. The molecule has 3 N–H and O–H groups in total. The third-order valence-electron chi connectivity index (χ3n) is 7.63. The number of hydrogen-bond donors (Lipinski definition) is 2. The minimum atomic E-state index is -0.428. The number of nitrogens with two attached hydrogens (primary N) is 1. The van der Waals surface area contributed by atoms with Crippen LogP contribution in [0.15, 0.2) is 116 Å². The number of aryl methyl sites for hydroxylation is 2. The average molecular weight is 540 g/mol. The second-order valence-electron chi connectivity index (χ2n) is 11.6. The molecule has 0 aliphatic rings. The predicted octanol–water partition coefficient (Wildman–Crippen LogP) is 9.38. The van der Waals surface area contributed by atoms with E-state index in [-0.39, 0.29) is 12.0 Å². The minimum Gasteiger partial charge on any atom is -0.362 e. The highest BCUT2D eigenvalue weighted by molar-refractivity contribution is 5.32. The highest BCUT2D eigenvalue weighted by Gasteiger charge is 2.23. The van der Waals surface area contributed by atoms with E-state index in [1.807, 2.05) is 20.0 Å². The maximum Gasteiger partial charge on any atom is 0.0791 e. The molecule has 0 aliphatic carbocycles. The average Bonchev–Trinajstić information content (AvgIpc) is 2.92. The van der Waals surface area contributed by atoms with Gasteiger partial charge in [0.05, 0.1) is 6.04 Å². The molecule has 216 valence electrons. The molecule has 0 bridgehead atoms. The van der Waals surface area contributed by atoms with Gasteiger partial charge in [0.15, 0.2) is 0 Å². The van der Waals surface area contributed by atoms with E-state index in [1.165, 1.54) is 22.3 Å². The standard InChI is InChI=1S/C37H53N3/c1-10-17-28(4)36(34-24-22-32(11-2)23-25-34)40(12-3)27-30(6)39-31(7)35(26-29(5)37(8,9)38)21-16-20-33-18-14-13-15-19-33/h12-15,18-19,22-25,27,35-36,39H,3-5,7,10-11,16-17,20-21,26,38H2,1-2,6,8-9H3/b30-27+/t35-,36?/m0/s1. The van der Waals surface area contributed by atoms with E-state index in [1.54, 1.807) is 0 Å². The molecular weight excluding hydrogens is 486 g/mol. The second kappa shape index (κ2) is 16.1. The lowest BCUT2D eigenvalue weighted by Crippen LogP contribution is -2.35. The monoisotopic (exact) mass is 539 g/mol. The van der Waals surface area contributed by atoms with E-state index in [9.17, 15) is 0 Å². The molecule has 0 saturated heterocycles. The molecule has 0 heterocycles. The van der Waals surface area contributed by atoms with Crippen LogP contribution in [0.2, 0.25) is 0 Å². The van der Waals surface area contributed by atoms with Gasteiger partial charge < -0.3 is 16.0 Å². The van der Waals surface area contributed by atoms with Crippen molar-refractivity contribution in [3.05, 3.63) is 133 Å². The zero-order valence-corrected chi connectivity index (χ0v) is 25.8. The van der Waals surface area contributed by atoms with Crippen molar-refractivity contribution in [1.29, 1.82) is 0 Å². The molecule has 3 nitrogen and oxygen atoms in total. The van der Waals surface area contributed by atoms with E-state index >= 15 is 0 Å². The lowest BCUT2D eigenvalue weighted by molar-refractivity contribution is 0.406. The molecule has 2 aromatic carbocycles. The summed E-state index contributed by atoms with van der Waals surface area (Å²) < 4.78 is 0. The summed E-state index contributed by atoms with van der Waals surface area (Å²) in [7, 11) is 0. The summed E-state index contributed by atoms with van der Waals surface area (Å²) in [4.78, 5) is 2.17. The van der Waals surface area contributed by atoms with E-state index in [4.69, 9.17) is 5.73 Å². The molecule has 0 radical (unpaired) electrons. The Labute approximate surface area is 245 Å². The summed E-state index contributed by atoms with van der Waals surface area (Å²) in [5.74, 6) is 0.229. The van der Waals surface area contributed by atoms with Gasteiger partial charge in [-0.1, -0.05) is 112 Å². The van der Waals surface area contributed by atoms with E-state index in [0.717, 1.165) is 61.9 Å². The lowest BCUT2D eigenvalue weighted by atomic mass is 9.84. The smallest absolute Gasteiger partial charge is 0.0791 e. The van der Waals surface area contributed by atoms with Gasteiger partial charge in [-0.05, 0) is 82.2 Å². The van der Waals surface area contributed by atoms with Crippen molar-refractivity contribution in [3.8, 4) is 0 Å². The van der Waals surface area contributed by atoms with Gasteiger partial charge in [-0.25, -0.2) is 0 Å². The Balaban J connectivity index is 2.23. The molecule has 40 heavy (non-hydrogen) atoms. The van der Waals surface area contributed by atoms with Crippen molar-refractivity contribution in [3.63, 3.8) is 0 Å². The van der Waals surface area contributed by atoms with Crippen LogP contribution in [0.5, 0.6) is 0 Å². The van der Waals surface area contributed by atoms with Gasteiger partial charge in [-0.2, -0.15) is 0 Å². The van der Waals surface area contributed by atoms with Crippen LogP contribution in [-0.2, 0) is 12.8 Å². The van der Waals surface area contributed by atoms with Crippen LogP contribution < -0.4 is 11.1 Å². The van der Waals surface area contributed by atoms with E-state index in [0.29, 0.717) is 0 Å². The highest BCUT2D eigenvalue weighted by Crippen LogP contribution is 2.32. The Morgan fingerprint density at radius 3 is 2.20 bits per heavy atom. The fraction of sp³-hybridized carbons (Fsp3) is 0.405. The first-order valence-electron chi connectivity index (χ1n) is 14.8. The Morgan fingerprint density at radius 1 is 1.00 bits per heavy atom. The zero-order chi connectivity index (χ0) is 29.7. The maximum atomic E-state index is 6.40.